The van der Waals surface area contributed by atoms with Crippen LogP contribution in [0.4, 0.5) is 0 Å². The molecule has 2 rings (SSSR count). The van der Waals surface area contributed by atoms with Crippen molar-refractivity contribution in [1.82, 2.24) is 0 Å². The van der Waals surface area contributed by atoms with Gasteiger partial charge in [0.1, 0.15) is 4.90 Å². The zero-order chi connectivity index (χ0) is 9.64. The molecule has 68 valence electrons. The van der Waals surface area contributed by atoms with Gasteiger partial charge in [0.05, 0.1) is 0 Å². The van der Waals surface area contributed by atoms with Gasteiger partial charge in [-0.15, -0.1) is 4.40 Å². The second-order valence-corrected chi connectivity index (χ2v) is 4.86. The molecule has 0 bridgehead atoms. The average Bonchev–Trinajstić information content (AvgIpc) is 2.23. The molecule has 0 saturated carbocycles. The lowest BCUT2D eigenvalue weighted by molar-refractivity contribution is 0.599. The lowest BCUT2D eigenvalue weighted by atomic mass is 10.2. The van der Waals surface area contributed by atoms with E-state index in [0.717, 1.165) is 0 Å². The third kappa shape index (κ3) is 1.35. The molecule has 0 atom stereocenters. The van der Waals surface area contributed by atoms with Crippen LogP contribution in [-0.2, 0) is 10.0 Å². The van der Waals surface area contributed by atoms with E-state index in [0.29, 0.717) is 10.6 Å². The molecule has 0 amide bonds. The van der Waals surface area contributed by atoms with Gasteiger partial charge in [-0.2, -0.15) is 8.42 Å². The van der Waals surface area contributed by atoms with Crippen molar-refractivity contribution in [2.45, 2.75) is 4.90 Å². The molecule has 1 heterocycles. The standard InChI is InChI=1S/C7H3Cl2NO2S/c8-4-1-2-5-6(3-4)13(11,12)10-7(5)9/h1-3H. The van der Waals surface area contributed by atoms with Gasteiger partial charge in [0.2, 0.25) is 0 Å². The third-order valence-corrected chi connectivity index (χ3v) is 3.58. The van der Waals surface area contributed by atoms with Gasteiger partial charge in [0.25, 0.3) is 10.0 Å². The summed E-state index contributed by atoms with van der Waals surface area (Å²) in [5.74, 6) is 0. The molecular formula is C7H3Cl2NO2S. The van der Waals surface area contributed by atoms with Crippen LogP contribution in [0, 0.1) is 0 Å². The quantitative estimate of drug-likeness (QED) is 0.691. The highest BCUT2D eigenvalue weighted by Crippen LogP contribution is 2.29. The Labute approximate surface area is 85.1 Å². The first-order valence-electron chi connectivity index (χ1n) is 3.31. The van der Waals surface area contributed by atoms with E-state index in [2.05, 4.69) is 4.40 Å². The van der Waals surface area contributed by atoms with Crippen LogP contribution < -0.4 is 0 Å². The summed E-state index contributed by atoms with van der Waals surface area (Å²) in [6.07, 6.45) is 0. The fourth-order valence-electron chi connectivity index (χ4n) is 1.08. The highest BCUT2D eigenvalue weighted by molar-refractivity contribution is 7.91. The smallest absolute Gasteiger partial charge is 0.199 e. The monoisotopic (exact) mass is 235 g/mol. The molecule has 1 aromatic rings. The minimum atomic E-state index is -3.61. The Bertz CT molecular complexity index is 507. The molecular weight excluding hydrogens is 233 g/mol. The van der Waals surface area contributed by atoms with E-state index in [1.54, 1.807) is 6.07 Å². The number of rotatable bonds is 0. The third-order valence-electron chi connectivity index (χ3n) is 1.64. The van der Waals surface area contributed by atoms with Crippen molar-refractivity contribution in [1.29, 1.82) is 0 Å². The molecule has 0 aliphatic carbocycles. The molecule has 0 saturated heterocycles. The van der Waals surface area contributed by atoms with Gasteiger partial charge in [-0.3, -0.25) is 0 Å². The maximum atomic E-state index is 11.3. The minimum absolute atomic E-state index is 0.00772. The predicted octanol–water partition coefficient (Wildman–Crippen LogP) is 2.03. The number of fused-ring (bicyclic) bond motifs is 1. The van der Waals surface area contributed by atoms with Crippen molar-refractivity contribution < 1.29 is 8.42 Å². The molecule has 1 aliphatic rings. The van der Waals surface area contributed by atoms with Crippen molar-refractivity contribution in [3.63, 3.8) is 0 Å². The van der Waals surface area contributed by atoms with Crippen LogP contribution in [0.2, 0.25) is 5.02 Å². The molecule has 1 aliphatic heterocycles. The molecule has 0 aromatic heterocycles. The summed E-state index contributed by atoms with van der Waals surface area (Å²) in [7, 11) is -3.61. The Balaban J connectivity index is 2.83. The van der Waals surface area contributed by atoms with E-state index in [1.807, 2.05) is 0 Å². The van der Waals surface area contributed by atoms with Crippen LogP contribution in [0.5, 0.6) is 0 Å². The van der Waals surface area contributed by atoms with E-state index < -0.39 is 10.0 Å². The first kappa shape index (κ1) is 8.99. The second-order valence-electron chi connectivity index (χ2n) is 2.50. The molecule has 0 N–H and O–H groups in total. The Hall–Kier alpha value is -0.580. The van der Waals surface area contributed by atoms with E-state index >= 15 is 0 Å². The molecule has 0 radical (unpaired) electrons. The lowest BCUT2D eigenvalue weighted by Crippen LogP contribution is -1.92. The summed E-state index contributed by atoms with van der Waals surface area (Å²) in [4.78, 5) is 0.0741. The van der Waals surface area contributed by atoms with Crippen molar-refractivity contribution in [2.75, 3.05) is 0 Å². The minimum Gasteiger partial charge on any atom is -0.199 e. The van der Waals surface area contributed by atoms with E-state index in [-0.39, 0.29) is 10.1 Å². The van der Waals surface area contributed by atoms with Crippen LogP contribution in [0.25, 0.3) is 0 Å². The second kappa shape index (κ2) is 2.70. The summed E-state index contributed by atoms with van der Waals surface area (Å²) in [6.45, 7) is 0. The normalized spacial score (nSPS) is 18.2. The van der Waals surface area contributed by atoms with Crippen molar-refractivity contribution in [2.24, 2.45) is 4.40 Å². The van der Waals surface area contributed by atoms with E-state index in [9.17, 15) is 8.42 Å². The molecule has 1 aromatic carbocycles. The Kier molecular flexibility index (Phi) is 1.87. The van der Waals surface area contributed by atoms with Gasteiger partial charge in [0, 0.05) is 10.6 Å². The number of sulfonamides is 1. The SMILES string of the molecule is O=S1(=O)N=C(Cl)c2ccc(Cl)cc21. The number of halogens is 2. The maximum absolute atomic E-state index is 11.3. The number of hydrogen-bond donors (Lipinski definition) is 0. The van der Waals surface area contributed by atoms with Crippen molar-refractivity contribution in [3.05, 3.63) is 28.8 Å². The zero-order valence-electron chi connectivity index (χ0n) is 6.16. The zero-order valence-corrected chi connectivity index (χ0v) is 8.49. The molecule has 6 heteroatoms. The Morgan fingerprint density at radius 3 is 2.62 bits per heavy atom. The summed E-state index contributed by atoms with van der Waals surface area (Å²) in [5.41, 5.74) is 0.408. The Morgan fingerprint density at radius 2 is 1.92 bits per heavy atom. The molecule has 0 fully saturated rings. The van der Waals surface area contributed by atoms with E-state index in [1.165, 1.54) is 12.1 Å². The lowest BCUT2D eigenvalue weighted by Gasteiger charge is -1.96. The van der Waals surface area contributed by atoms with Gasteiger partial charge >= 0.3 is 0 Å². The maximum Gasteiger partial charge on any atom is 0.284 e. The van der Waals surface area contributed by atoms with Crippen LogP contribution in [0.1, 0.15) is 5.56 Å². The first-order valence-corrected chi connectivity index (χ1v) is 5.51. The van der Waals surface area contributed by atoms with Crippen LogP contribution in [0.3, 0.4) is 0 Å². The molecule has 3 nitrogen and oxygen atoms in total. The highest BCUT2D eigenvalue weighted by atomic mass is 35.5. The van der Waals surface area contributed by atoms with Gasteiger partial charge in [-0.25, -0.2) is 0 Å². The van der Waals surface area contributed by atoms with E-state index in [4.69, 9.17) is 23.2 Å². The van der Waals surface area contributed by atoms with Gasteiger partial charge < -0.3 is 0 Å². The largest absolute Gasteiger partial charge is 0.284 e. The van der Waals surface area contributed by atoms with Crippen LogP contribution >= 0.6 is 23.2 Å². The molecule has 0 spiro atoms. The number of hydrogen-bond acceptors (Lipinski definition) is 2. The first-order chi connectivity index (χ1) is 6.00. The highest BCUT2D eigenvalue weighted by Gasteiger charge is 2.27. The number of benzene rings is 1. The molecule has 13 heavy (non-hydrogen) atoms. The topological polar surface area (TPSA) is 46.5 Å². The van der Waals surface area contributed by atoms with Gasteiger partial charge in [-0.05, 0) is 18.2 Å². The predicted molar refractivity (Wildman–Crippen MR) is 51.0 cm³/mol. The fourth-order valence-corrected chi connectivity index (χ4v) is 2.94. The summed E-state index contributed by atoms with van der Waals surface area (Å²) in [5, 5.41) is 0.343. The Morgan fingerprint density at radius 1 is 1.23 bits per heavy atom. The molecule has 0 unspecified atom stereocenters. The van der Waals surface area contributed by atoms with Crippen LogP contribution in [0.15, 0.2) is 27.5 Å². The van der Waals surface area contributed by atoms with Crippen molar-refractivity contribution >= 4 is 38.4 Å². The van der Waals surface area contributed by atoms with Gasteiger partial charge in [-0.1, -0.05) is 23.2 Å². The van der Waals surface area contributed by atoms with Crippen LogP contribution in [-0.4, -0.2) is 13.6 Å². The summed E-state index contributed by atoms with van der Waals surface area (Å²) < 4.78 is 25.9. The summed E-state index contributed by atoms with van der Waals surface area (Å²) in [6, 6.07) is 4.44. The van der Waals surface area contributed by atoms with Crippen molar-refractivity contribution in [3.8, 4) is 0 Å². The van der Waals surface area contributed by atoms with Gasteiger partial charge in [0.15, 0.2) is 5.17 Å². The number of nitrogens with zero attached hydrogens (tertiary/aromatic N) is 1. The average molecular weight is 236 g/mol. The fraction of sp³-hybridized carbons (Fsp3) is 0. The summed E-state index contributed by atoms with van der Waals surface area (Å²) >= 11 is 11.2.